The van der Waals surface area contributed by atoms with Crippen molar-refractivity contribution in [3.8, 4) is 0 Å². The van der Waals surface area contributed by atoms with E-state index in [1.165, 1.54) is 12.1 Å². The van der Waals surface area contributed by atoms with Gasteiger partial charge in [0.25, 0.3) is 0 Å². The molecule has 2 heterocycles. The molecule has 1 saturated heterocycles. The highest BCUT2D eigenvalue weighted by Crippen LogP contribution is 2.29. The van der Waals surface area contributed by atoms with Crippen LogP contribution in [0.3, 0.4) is 0 Å². The predicted octanol–water partition coefficient (Wildman–Crippen LogP) is 3.35. The predicted molar refractivity (Wildman–Crippen MR) is 105 cm³/mol. The summed E-state index contributed by atoms with van der Waals surface area (Å²) in [5, 5.41) is 7.45. The van der Waals surface area contributed by atoms with Crippen LogP contribution in [-0.4, -0.2) is 59.2 Å². The van der Waals surface area contributed by atoms with E-state index in [0.29, 0.717) is 42.4 Å². The number of benzene rings is 1. The lowest BCUT2D eigenvalue weighted by Crippen LogP contribution is -2.42. The first-order chi connectivity index (χ1) is 14.2. The van der Waals surface area contributed by atoms with E-state index < -0.39 is 11.7 Å². The number of likely N-dealkylation sites (tertiary alicyclic amines) is 1. The summed E-state index contributed by atoms with van der Waals surface area (Å²) in [6.45, 7) is 4.86. The fraction of sp³-hybridized carbons (Fsp3) is 0.571. The molecule has 9 heteroatoms. The number of likely N-dealkylation sites (N-methyl/N-ethyl adjacent to an activating group) is 1. The van der Waals surface area contributed by atoms with Crippen LogP contribution >= 0.6 is 0 Å². The highest BCUT2D eigenvalue weighted by molar-refractivity contribution is 5.78. The second-order valence-corrected chi connectivity index (χ2v) is 8.00. The number of hydrogen-bond acceptors (Lipinski definition) is 5. The highest BCUT2D eigenvalue weighted by atomic mass is 19.4. The van der Waals surface area contributed by atoms with Gasteiger partial charge in [-0.3, -0.25) is 4.79 Å². The number of aryl methyl sites for hydroxylation is 1. The van der Waals surface area contributed by atoms with Crippen LogP contribution in [0.15, 0.2) is 28.9 Å². The Hall–Kier alpha value is -2.42. The van der Waals surface area contributed by atoms with Crippen LogP contribution in [0.4, 0.5) is 13.2 Å². The Balaban J connectivity index is 1.48. The van der Waals surface area contributed by atoms with E-state index in [-0.39, 0.29) is 12.3 Å². The number of hydrogen-bond donors (Lipinski definition) is 0. The first-order valence-corrected chi connectivity index (χ1v) is 10.1. The minimum Gasteiger partial charge on any atom is -0.345 e. The van der Waals surface area contributed by atoms with Crippen molar-refractivity contribution in [3.05, 3.63) is 46.8 Å². The molecule has 0 saturated carbocycles. The quantitative estimate of drug-likeness (QED) is 0.682. The van der Waals surface area contributed by atoms with Crippen molar-refractivity contribution in [2.75, 3.05) is 33.2 Å². The summed E-state index contributed by atoms with van der Waals surface area (Å²) in [5.74, 6) is 0.306. The van der Waals surface area contributed by atoms with Crippen LogP contribution in [0.2, 0.25) is 0 Å². The molecule has 1 aromatic heterocycles. The maximum atomic E-state index is 12.9. The molecule has 1 fully saturated rings. The van der Waals surface area contributed by atoms with Gasteiger partial charge >= 0.3 is 6.18 Å². The fourth-order valence-corrected chi connectivity index (χ4v) is 3.87. The Labute approximate surface area is 174 Å². The molecule has 6 nitrogen and oxygen atoms in total. The molecule has 0 bridgehead atoms. The van der Waals surface area contributed by atoms with Crippen molar-refractivity contribution >= 4 is 5.91 Å². The summed E-state index contributed by atoms with van der Waals surface area (Å²) in [5.41, 5.74) is 1.26. The first-order valence-electron chi connectivity index (χ1n) is 10.1. The van der Waals surface area contributed by atoms with Gasteiger partial charge in [0.05, 0.1) is 12.0 Å². The number of rotatable bonds is 7. The molecule has 0 N–H and O–H groups in total. The molecule has 0 spiro atoms. The van der Waals surface area contributed by atoms with Gasteiger partial charge in [0.15, 0.2) is 0 Å². The number of alkyl halides is 3. The highest BCUT2D eigenvalue weighted by Gasteiger charge is 2.30. The summed E-state index contributed by atoms with van der Waals surface area (Å²) < 4.78 is 43.3. The van der Waals surface area contributed by atoms with Crippen LogP contribution in [0.25, 0.3) is 0 Å². The van der Waals surface area contributed by atoms with Crippen LogP contribution in [0.1, 0.15) is 35.4 Å². The van der Waals surface area contributed by atoms with Gasteiger partial charge in [0.2, 0.25) is 5.91 Å². The monoisotopic (exact) mass is 424 g/mol. The summed E-state index contributed by atoms with van der Waals surface area (Å²) >= 11 is 0. The van der Waals surface area contributed by atoms with E-state index in [1.54, 1.807) is 24.9 Å². The Morgan fingerprint density at radius 1 is 1.33 bits per heavy atom. The molecule has 0 aliphatic carbocycles. The molecule has 0 unspecified atom stereocenters. The van der Waals surface area contributed by atoms with E-state index in [0.717, 1.165) is 32.0 Å². The smallest absolute Gasteiger partial charge is 0.345 e. The minimum atomic E-state index is -4.32. The van der Waals surface area contributed by atoms with Gasteiger partial charge in [-0.2, -0.15) is 13.2 Å². The Morgan fingerprint density at radius 3 is 2.83 bits per heavy atom. The molecule has 2 aromatic rings. The minimum absolute atomic E-state index is 0.0325. The normalized spacial score (nSPS) is 17.8. The van der Waals surface area contributed by atoms with E-state index in [1.807, 2.05) is 0 Å². The number of halogens is 3. The fourth-order valence-electron chi connectivity index (χ4n) is 3.87. The maximum absolute atomic E-state index is 12.9. The van der Waals surface area contributed by atoms with Crippen molar-refractivity contribution in [3.63, 3.8) is 0 Å². The Bertz CT molecular complexity index is 853. The second-order valence-electron chi connectivity index (χ2n) is 8.00. The molecule has 1 aliphatic heterocycles. The van der Waals surface area contributed by atoms with Gasteiger partial charge in [-0.15, -0.1) is 0 Å². The molecule has 1 atom stereocenters. The van der Waals surface area contributed by atoms with Crippen LogP contribution in [0.5, 0.6) is 0 Å². The number of carbonyl (C=O) groups is 1. The summed E-state index contributed by atoms with van der Waals surface area (Å²) in [6, 6.07) is 5.53. The van der Waals surface area contributed by atoms with Crippen molar-refractivity contribution in [2.45, 2.75) is 38.8 Å². The largest absolute Gasteiger partial charge is 0.416 e. The molecule has 1 amide bonds. The van der Waals surface area contributed by atoms with Crippen LogP contribution < -0.4 is 0 Å². The van der Waals surface area contributed by atoms with Gasteiger partial charge in [-0.1, -0.05) is 28.5 Å². The zero-order chi connectivity index (χ0) is 21.7. The Morgan fingerprint density at radius 2 is 2.13 bits per heavy atom. The maximum Gasteiger partial charge on any atom is 0.416 e. The first kappa shape index (κ1) is 22.3. The zero-order valence-corrected chi connectivity index (χ0v) is 17.3. The van der Waals surface area contributed by atoms with E-state index in [2.05, 4.69) is 19.8 Å². The third-order valence-corrected chi connectivity index (χ3v) is 5.60. The Kier molecular flexibility index (Phi) is 7.12. The number of amides is 1. The third-order valence-electron chi connectivity index (χ3n) is 5.60. The number of carbonyl (C=O) groups excluding carboxylic acids is 1. The molecule has 30 heavy (non-hydrogen) atoms. The van der Waals surface area contributed by atoms with Crippen molar-refractivity contribution in [1.82, 2.24) is 20.1 Å². The van der Waals surface area contributed by atoms with E-state index in [4.69, 9.17) is 0 Å². The lowest BCUT2D eigenvalue weighted by atomic mass is 9.96. The lowest BCUT2D eigenvalue weighted by Gasteiger charge is -2.34. The van der Waals surface area contributed by atoms with Crippen LogP contribution in [0, 0.1) is 12.8 Å². The van der Waals surface area contributed by atoms with Gasteiger partial charge in [-0.05, 0) is 50.3 Å². The van der Waals surface area contributed by atoms with Gasteiger partial charge in [-0.25, -0.2) is 4.63 Å². The second kappa shape index (κ2) is 9.59. The summed E-state index contributed by atoms with van der Waals surface area (Å²) in [6.07, 6.45) is -1.53. The van der Waals surface area contributed by atoms with Crippen molar-refractivity contribution < 1.29 is 22.6 Å². The summed E-state index contributed by atoms with van der Waals surface area (Å²) in [7, 11) is 1.78. The van der Waals surface area contributed by atoms with Gasteiger partial charge in [0.1, 0.15) is 11.4 Å². The molecule has 164 valence electrons. The molecular formula is C21H27F3N4O2. The van der Waals surface area contributed by atoms with E-state index >= 15 is 0 Å². The molecule has 1 aliphatic rings. The van der Waals surface area contributed by atoms with Crippen molar-refractivity contribution in [1.29, 1.82) is 0 Å². The number of nitrogens with zero attached hydrogens (tertiary/aromatic N) is 4. The third kappa shape index (κ3) is 6.04. The topological polar surface area (TPSA) is 62.5 Å². The molecule has 0 radical (unpaired) electrons. The number of aromatic nitrogens is 2. The SMILES string of the molecule is Cc1nonc1CC(=O)N(C)C[C@H]1CCCN(CCc2cccc(C(F)(F)F)c2)C1. The van der Waals surface area contributed by atoms with Gasteiger partial charge in [0, 0.05) is 26.7 Å². The number of piperidine rings is 1. The van der Waals surface area contributed by atoms with Crippen LogP contribution in [-0.2, 0) is 23.8 Å². The van der Waals surface area contributed by atoms with Crippen molar-refractivity contribution in [2.24, 2.45) is 5.92 Å². The molecule has 3 rings (SSSR count). The molecular weight excluding hydrogens is 397 g/mol. The van der Waals surface area contributed by atoms with Gasteiger partial charge < -0.3 is 9.80 Å². The average molecular weight is 424 g/mol. The zero-order valence-electron chi connectivity index (χ0n) is 17.3. The molecule has 1 aromatic carbocycles. The lowest BCUT2D eigenvalue weighted by molar-refractivity contribution is -0.137. The average Bonchev–Trinajstić information content (AvgIpc) is 3.10. The van der Waals surface area contributed by atoms with E-state index in [9.17, 15) is 18.0 Å². The standard InChI is InChI=1S/C21H27F3N4O2/c1-15-19(26-30-25-15)12-20(29)27(2)13-17-6-4-9-28(14-17)10-8-16-5-3-7-18(11-16)21(22,23)24/h3,5,7,11,17H,4,6,8-10,12-14H2,1-2H3/t17-/m1/s1. The summed E-state index contributed by atoms with van der Waals surface area (Å²) in [4.78, 5) is 16.4.